The number of aliphatic hydroxyl groups excluding tert-OH is 1. The van der Waals surface area contributed by atoms with E-state index in [1.165, 1.54) is 0 Å². The number of rotatable bonds is 6. The Hall–Kier alpha value is -1.26. The molecule has 0 saturated heterocycles. The maximum absolute atomic E-state index is 10.1. The molecule has 1 aromatic carbocycles. The maximum Gasteiger partial charge on any atom is 0.123 e. The second-order valence-electron chi connectivity index (χ2n) is 7.71. The number of ether oxygens (including phenoxy) is 2. The van der Waals surface area contributed by atoms with Gasteiger partial charge in [0.1, 0.15) is 24.2 Å². The quantitative estimate of drug-likeness (QED) is 0.848. The van der Waals surface area contributed by atoms with Gasteiger partial charge in [-0.05, 0) is 44.4 Å². The number of hydrogen-bond donors (Lipinski definition) is 2. The Morgan fingerprint density at radius 3 is 2.27 bits per heavy atom. The summed E-state index contributed by atoms with van der Waals surface area (Å²) in [4.78, 5) is 0. The Balaban J connectivity index is 2.73. The van der Waals surface area contributed by atoms with Crippen LogP contribution in [0.4, 0.5) is 0 Å². The zero-order valence-electron chi connectivity index (χ0n) is 15.0. The van der Waals surface area contributed by atoms with Crippen LogP contribution in [0.1, 0.15) is 47.1 Å². The van der Waals surface area contributed by atoms with Crippen LogP contribution in [0.3, 0.4) is 0 Å². The zero-order chi connectivity index (χ0) is 17.0. The van der Waals surface area contributed by atoms with Gasteiger partial charge in [-0.15, -0.1) is 0 Å². The van der Waals surface area contributed by atoms with Crippen LogP contribution in [0.2, 0.25) is 0 Å². The molecule has 1 aromatic rings. The molecule has 2 N–H and O–H groups in total. The molecule has 22 heavy (non-hydrogen) atoms. The lowest BCUT2D eigenvalue weighted by molar-refractivity contribution is 0.0990. The molecule has 0 heterocycles. The molecule has 0 aliphatic carbocycles. The topological polar surface area (TPSA) is 50.7 Å². The second-order valence-corrected chi connectivity index (χ2v) is 7.71. The standard InChI is InChI=1S/C18H31NO3/c1-17(2,3)15-10-14(21-7)8-9-16(15)22-12-13(20)11-19-18(4,5)6/h8-10,13,19-20H,11-12H2,1-7H3/t13-/m0/s1. The van der Waals surface area contributed by atoms with E-state index in [1.54, 1.807) is 7.11 Å². The van der Waals surface area contributed by atoms with Crippen LogP contribution < -0.4 is 14.8 Å². The van der Waals surface area contributed by atoms with Gasteiger partial charge in [0.15, 0.2) is 0 Å². The summed E-state index contributed by atoms with van der Waals surface area (Å²) >= 11 is 0. The molecule has 0 fully saturated rings. The van der Waals surface area contributed by atoms with E-state index in [1.807, 2.05) is 18.2 Å². The number of nitrogens with one attached hydrogen (secondary N) is 1. The fourth-order valence-electron chi connectivity index (χ4n) is 2.02. The SMILES string of the molecule is COc1ccc(OC[C@@H](O)CNC(C)(C)C)c(C(C)(C)C)c1. The highest BCUT2D eigenvalue weighted by atomic mass is 16.5. The van der Waals surface area contributed by atoms with Gasteiger partial charge in [0.05, 0.1) is 7.11 Å². The molecule has 0 spiro atoms. The Morgan fingerprint density at radius 2 is 1.77 bits per heavy atom. The summed E-state index contributed by atoms with van der Waals surface area (Å²) in [5.41, 5.74) is 0.999. The van der Waals surface area contributed by atoms with E-state index in [0.717, 1.165) is 17.1 Å². The maximum atomic E-state index is 10.1. The van der Waals surface area contributed by atoms with E-state index in [4.69, 9.17) is 9.47 Å². The molecule has 4 nitrogen and oxygen atoms in total. The predicted octanol–water partition coefficient (Wildman–Crippen LogP) is 3.12. The van der Waals surface area contributed by atoms with Crippen LogP contribution in [-0.2, 0) is 5.41 Å². The van der Waals surface area contributed by atoms with Gasteiger partial charge in [0.25, 0.3) is 0 Å². The van der Waals surface area contributed by atoms with Gasteiger partial charge < -0.3 is 19.9 Å². The molecule has 4 heteroatoms. The van der Waals surface area contributed by atoms with E-state index in [2.05, 4.69) is 46.9 Å². The van der Waals surface area contributed by atoms with Crippen molar-refractivity contribution in [2.24, 2.45) is 0 Å². The summed E-state index contributed by atoms with van der Waals surface area (Å²) in [5.74, 6) is 1.61. The molecule has 126 valence electrons. The van der Waals surface area contributed by atoms with Crippen molar-refractivity contribution >= 4 is 0 Å². The smallest absolute Gasteiger partial charge is 0.123 e. The number of benzene rings is 1. The van der Waals surface area contributed by atoms with E-state index < -0.39 is 6.10 Å². The minimum atomic E-state index is -0.547. The molecule has 1 rings (SSSR count). The van der Waals surface area contributed by atoms with Gasteiger partial charge in [-0.2, -0.15) is 0 Å². The first-order chi connectivity index (χ1) is 10.0. The van der Waals surface area contributed by atoms with Crippen LogP contribution in [0, 0.1) is 0 Å². The van der Waals surface area contributed by atoms with Gasteiger partial charge >= 0.3 is 0 Å². The van der Waals surface area contributed by atoms with Gasteiger partial charge in [-0.3, -0.25) is 0 Å². The Labute approximate surface area is 134 Å². The number of β-amino-alcohol motifs (C(OH)–C–C–N with tert-alkyl or cyclic N) is 1. The molecule has 0 amide bonds. The van der Waals surface area contributed by atoms with Crippen molar-refractivity contribution in [2.75, 3.05) is 20.3 Å². The molecule has 0 aromatic heterocycles. The normalized spacial score (nSPS) is 13.8. The van der Waals surface area contributed by atoms with Crippen molar-refractivity contribution in [3.8, 4) is 11.5 Å². The second kappa shape index (κ2) is 7.34. The summed E-state index contributed by atoms with van der Waals surface area (Å²) in [7, 11) is 1.66. The van der Waals surface area contributed by atoms with Crippen molar-refractivity contribution in [3.05, 3.63) is 23.8 Å². The van der Waals surface area contributed by atoms with Crippen molar-refractivity contribution in [3.63, 3.8) is 0 Å². The third-order valence-corrected chi connectivity index (χ3v) is 3.29. The molecule has 0 aliphatic heterocycles. The predicted molar refractivity (Wildman–Crippen MR) is 91.0 cm³/mol. The molecular formula is C18H31NO3. The molecule has 0 bridgehead atoms. The van der Waals surface area contributed by atoms with E-state index >= 15 is 0 Å². The van der Waals surface area contributed by atoms with Crippen molar-refractivity contribution in [1.82, 2.24) is 5.32 Å². The summed E-state index contributed by atoms with van der Waals surface area (Å²) in [6, 6.07) is 5.78. The Bertz CT molecular complexity index is 472. The number of aliphatic hydroxyl groups is 1. The molecule has 0 radical (unpaired) electrons. The van der Waals surface area contributed by atoms with E-state index in [9.17, 15) is 5.11 Å². The summed E-state index contributed by atoms with van der Waals surface area (Å²) in [5, 5.41) is 13.3. The zero-order valence-corrected chi connectivity index (χ0v) is 15.0. The third-order valence-electron chi connectivity index (χ3n) is 3.29. The van der Waals surface area contributed by atoms with Crippen molar-refractivity contribution in [1.29, 1.82) is 0 Å². The Kier molecular flexibility index (Phi) is 6.27. The van der Waals surface area contributed by atoms with Gasteiger partial charge in [0.2, 0.25) is 0 Å². The summed E-state index contributed by atoms with van der Waals surface area (Å²) in [6.07, 6.45) is -0.547. The fourth-order valence-corrected chi connectivity index (χ4v) is 2.02. The van der Waals surface area contributed by atoms with Gasteiger partial charge in [-0.25, -0.2) is 0 Å². The van der Waals surface area contributed by atoms with Crippen LogP contribution in [0.25, 0.3) is 0 Å². The molecule has 0 unspecified atom stereocenters. The first-order valence-electron chi connectivity index (χ1n) is 7.77. The monoisotopic (exact) mass is 309 g/mol. The Morgan fingerprint density at radius 1 is 1.14 bits per heavy atom. The fraction of sp³-hybridized carbons (Fsp3) is 0.667. The first kappa shape index (κ1) is 18.8. The highest BCUT2D eigenvalue weighted by Crippen LogP contribution is 2.34. The van der Waals surface area contributed by atoms with Crippen LogP contribution in [-0.4, -0.2) is 37.0 Å². The lowest BCUT2D eigenvalue weighted by Gasteiger charge is -2.25. The van der Waals surface area contributed by atoms with E-state index in [0.29, 0.717) is 6.54 Å². The molecule has 0 saturated carbocycles. The van der Waals surface area contributed by atoms with Crippen LogP contribution in [0.5, 0.6) is 11.5 Å². The minimum Gasteiger partial charge on any atom is -0.497 e. The highest BCUT2D eigenvalue weighted by Gasteiger charge is 2.21. The van der Waals surface area contributed by atoms with Crippen LogP contribution >= 0.6 is 0 Å². The summed E-state index contributed by atoms with van der Waals surface area (Å²) < 4.78 is 11.1. The molecule has 1 atom stereocenters. The lowest BCUT2D eigenvalue weighted by Crippen LogP contribution is -2.42. The van der Waals surface area contributed by atoms with Gasteiger partial charge in [0, 0.05) is 17.6 Å². The van der Waals surface area contributed by atoms with Crippen molar-refractivity contribution < 1.29 is 14.6 Å². The third kappa shape index (κ3) is 6.24. The molecular weight excluding hydrogens is 278 g/mol. The highest BCUT2D eigenvalue weighted by molar-refractivity contribution is 5.44. The number of methoxy groups -OCH3 is 1. The molecule has 0 aliphatic rings. The average Bonchev–Trinajstić information content (AvgIpc) is 2.41. The first-order valence-corrected chi connectivity index (χ1v) is 7.77. The largest absolute Gasteiger partial charge is 0.497 e. The minimum absolute atomic E-state index is 0.0162. The lowest BCUT2D eigenvalue weighted by atomic mass is 9.86. The van der Waals surface area contributed by atoms with E-state index in [-0.39, 0.29) is 17.6 Å². The van der Waals surface area contributed by atoms with Gasteiger partial charge in [-0.1, -0.05) is 20.8 Å². The number of hydrogen-bond acceptors (Lipinski definition) is 4. The average molecular weight is 309 g/mol. The summed E-state index contributed by atoms with van der Waals surface area (Å²) in [6.45, 7) is 13.4. The van der Waals surface area contributed by atoms with Crippen molar-refractivity contribution in [2.45, 2.75) is 58.6 Å². The van der Waals surface area contributed by atoms with Crippen LogP contribution in [0.15, 0.2) is 18.2 Å².